The molecule has 1 amide bonds. The highest BCUT2D eigenvalue weighted by Gasteiger charge is 2.35. The number of aromatic nitrogens is 2. The Hall–Kier alpha value is -4.09. The summed E-state index contributed by atoms with van der Waals surface area (Å²) in [6, 6.07) is 14.1. The summed E-state index contributed by atoms with van der Waals surface area (Å²) in [6.07, 6.45) is 2.10. The van der Waals surface area contributed by atoms with Crippen molar-refractivity contribution < 1.29 is 23.7 Å². The molecule has 2 fully saturated rings. The molecule has 0 aliphatic carbocycles. The molecule has 2 saturated heterocycles. The average Bonchev–Trinajstić information content (AvgIpc) is 3.62. The first-order chi connectivity index (χ1) is 20.6. The molecule has 1 atom stereocenters. The number of nitrogens with one attached hydrogen (secondary N) is 1. The Morgan fingerprint density at radius 2 is 1.81 bits per heavy atom. The zero-order valence-corrected chi connectivity index (χ0v) is 25.9. The van der Waals surface area contributed by atoms with E-state index >= 15 is 0 Å². The van der Waals surface area contributed by atoms with Crippen molar-refractivity contribution in [3.8, 4) is 27.7 Å². The molecule has 4 heterocycles. The van der Waals surface area contributed by atoms with Crippen LogP contribution in [0, 0.1) is 0 Å². The van der Waals surface area contributed by atoms with Gasteiger partial charge in [-0.1, -0.05) is 6.07 Å². The van der Waals surface area contributed by atoms with Gasteiger partial charge in [-0.2, -0.15) is 0 Å². The molecule has 0 spiro atoms. The number of likely N-dealkylation sites (N-methyl/N-ethyl adjacent to an activating group) is 1. The first kappa shape index (κ1) is 29.0. The third-order valence-electron chi connectivity index (χ3n) is 7.39. The normalized spacial score (nSPS) is 17.5. The van der Waals surface area contributed by atoms with Gasteiger partial charge >= 0.3 is 6.09 Å². The number of rotatable bonds is 8. The summed E-state index contributed by atoms with van der Waals surface area (Å²) in [7, 11) is 3.71. The van der Waals surface area contributed by atoms with Gasteiger partial charge in [0.15, 0.2) is 11.5 Å². The van der Waals surface area contributed by atoms with Crippen molar-refractivity contribution in [2.24, 2.45) is 0 Å². The number of carbonyl (C=O) groups excluding carboxylic acids is 1. The molecule has 0 saturated carbocycles. The predicted molar refractivity (Wildman–Crippen MR) is 168 cm³/mol. The number of ether oxygens (including phenoxy) is 4. The van der Waals surface area contributed by atoms with Crippen LogP contribution in [0.25, 0.3) is 21.3 Å². The minimum Gasteiger partial charge on any atom is -0.493 e. The Morgan fingerprint density at radius 3 is 2.51 bits per heavy atom. The van der Waals surface area contributed by atoms with Crippen molar-refractivity contribution in [2.75, 3.05) is 45.7 Å². The zero-order valence-electron chi connectivity index (χ0n) is 25.1. The Morgan fingerprint density at radius 1 is 1.00 bits per heavy atom. The third-order valence-corrected chi connectivity index (χ3v) is 8.31. The van der Waals surface area contributed by atoms with Crippen LogP contribution < -0.4 is 19.5 Å². The molecule has 6 rings (SSSR count). The second kappa shape index (κ2) is 11.9. The van der Waals surface area contributed by atoms with Gasteiger partial charge < -0.3 is 34.1 Å². The lowest BCUT2D eigenvalue weighted by molar-refractivity contribution is -0.0225. The fraction of sp³-hybridized carbons (Fsp3) is 0.406. The first-order valence-corrected chi connectivity index (χ1v) is 15.3. The fourth-order valence-corrected chi connectivity index (χ4v) is 5.93. The van der Waals surface area contributed by atoms with Crippen molar-refractivity contribution in [3.05, 3.63) is 54.2 Å². The van der Waals surface area contributed by atoms with Gasteiger partial charge in [0.05, 0.1) is 31.4 Å². The summed E-state index contributed by atoms with van der Waals surface area (Å²) in [4.78, 5) is 26.6. The number of thiophene rings is 1. The highest BCUT2D eigenvalue weighted by molar-refractivity contribution is 7.13. The van der Waals surface area contributed by atoms with Gasteiger partial charge in [0, 0.05) is 29.4 Å². The molecule has 2 aromatic carbocycles. The number of methoxy groups -OCH3 is 1. The fourth-order valence-electron chi connectivity index (χ4n) is 5.21. The lowest BCUT2D eigenvalue weighted by Crippen LogP contribution is -2.57. The summed E-state index contributed by atoms with van der Waals surface area (Å²) in [5, 5.41) is 6.39. The number of anilines is 2. The maximum absolute atomic E-state index is 12.4. The minimum atomic E-state index is -0.546. The number of likely N-dealkylation sites (tertiary alicyclic amines) is 2. The number of benzene rings is 2. The van der Waals surface area contributed by atoms with E-state index in [1.54, 1.807) is 23.3 Å². The van der Waals surface area contributed by atoms with Gasteiger partial charge in [0.2, 0.25) is 0 Å². The average molecular weight is 604 g/mol. The monoisotopic (exact) mass is 603 g/mol. The van der Waals surface area contributed by atoms with E-state index in [-0.39, 0.29) is 18.3 Å². The zero-order chi connectivity index (χ0) is 30.1. The van der Waals surface area contributed by atoms with Gasteiger partial charge in [0.25, 0.3) is 0 Å². The van der Waals surface area contributed by atoms with E-state index in [4.69, 9.17) is 18.9 Å². The first-order valence-electron chi connectivity index (χ1n) is 14.4. The van der Waals surface area contributed by atoms with E-state index in [0.717, 1.165) is 41.9 Å². The quantitative estimate of drug-likeness (QED) is 0.253. The molecule has 0 bridgehead atoms. The molecule has 2 aromatic heterocycles. The molecule has 43 heavy (non-hydrogen) atoms. The highest BCUT2D eigenvalue weighted by Crippen LogP contribution is 2.39. The summed E-state index contributed by atoms with van der Waals surface area (Å²) >= 11 is 1.69. The third kappa shape index (κ3) is 6.62. The van der Waals surface area contributed by atoms with Crippen LogP contribution in [0.15, 0.2) is 54.2 Å². The van der Waals surface area contributed by atoms with Crippen LogP contribution in [0.4, 0.5) is 16.3 Å². The maximum atomic E-state index is 12.4. The minimum absolute atomic E-state index is 0.118. The lowest BCUT2D eigenvalue weighted by atomic mass is 10.1. The standard InChI is InChI=1S/C32H37N5O5S/c1-32(2,3)42-31(38)37-17-22(18-37)41-28-14-23-24(15-27(28)39-5)33-19-34-30(23)35-25-13-20(29-7-6-12-43-29)8-9-26(25)40-21-10-11-36(4)16-21/h6-9,12-15,19,21-22H,10-11,16-18H2,1-5H3,(H,33,34,35). The molecular formula is C32H37N5O5S. The Kier molecular flexibility index (Phi) is 8.02. The maximum Gasteiger partial charge on any atom is 0.410 e. The summed E-state index contributed by atoms with van der Waals surface area (Å²) < 4.78 is 23.9. The summed E-state index contributed by atoms with van der Waals surface area (Å²) in [5.74, 6) is 2.51. The summed E-state index contributed by atoms with van der Waals surface area (Å²) in [6.45, 7) is 8.32. The van der Waals surface area contributed by atoms with Crippen LogP contribution >= 0.6 is 11.3 Å². The molecular weight excluding hydrogens is 566 g/mol. The second-order valence-corrected chi connectivity index (χ2v) is 12.9. The van der Waals surface area contributed by atoms with Crippen LogP contribution in [-0.2, 0) is 4.74 Å². The molecule has 0 radical (unpaired) electrons. The Bertz CT molecular complexity index is 1600. The van der Waals surface area contributed by atoms with E-state index in [9.17, 15) is 4.79 Å². The van der Waals surface area contributed by atoms with Crippen molar-refractivity contribution in [1.29, 1.82) is 0 Å². The lowest BCUT2D eigenvalue weighted by Gasteiger charge is -2.39. The number of carbonyl (C=O) groups is 1. The van der Waals surface area contributed by atoms with Crippen LogP contribution in [0.3, 0.4) is 0 Å². The molecule has 2 aliphatic rings. The molecule has 2 aliphatic heterocycles. The van der Waals surface area contributed by atoms with Gasteiger partial charge in [-0.15, -0.1) is 11.3 Å². The van der Waals surface area contributed by atoms with Crippen LogP contribution in [0.5, 0.6) is 17.2 Å². The van der Waals surface area contributed by atoms with Crippen molar-refractivity contribution in [1.82, 2.24) is 19.8 Å². The van der Waals surface area contributed by atoms with E-state index < -0.39 is 5.60 Å². The highest BCUT2D eigenvalue weighted by atomic mass is 32.1. The van der Waals surface area contributed by atoms with E-state index in [0.29, 0.717) is 35.9 Å². The van der Waals surface area contributed by atoms with E-state index in [1.165, 1.54) is 11.2 Å². The molecule has 11 heteroatoms. The molecule has 10 nitrogen and oxygen atoms in total. The van der Waals surface area contributed by atoms with Crippen LogP contribution in [0.1, 0.15) is 27.2 Å². The number of amides is 1. The smallest absolute Gasteiger partial charge is 0.410 e. The van der Waals surface area contributed by atoms with Crippen molar-refractivity contribution in [3.63, 3.8) is 0 Å². The van der Waals surface area contributed by atoms with Crippen LogP contribution in [-0.4, -0.2) is 84.0 Å². The van der Waals surface area contributed by atoms with Crippen molar-refractivity contribution >= 4 is 39.8 Å². The molecule has 1 N–H and O–H groups in total. The number of hydrogen-bond donors (Lipinski definition) is 1. The second-order valence-electron chi connectivity index (χ2n) is 12.0. The van der Waals surface area contributed by atoms with Crippen LogP contribution in [0.2, 0.25) is 0 Å². The van der Waals surface area contributed by atoms with Crippen molar-refractivity contribution in [2.45, 2.75) is 45.0 Å². The number of nitrogens with zero attached hydrogens (tertiary/aromatic N) is 4. The molecule has 1 unspecified atom stereocenters. The predicted octanol–water partition coefficient (Wildman–Crippen LogP) is 6.19. The molecule has 226 valence electrons. The Labute approximate surface area is 255 Å². The van der Waals surface area contributed by atoms with E-state index in [1.807, 2.05) is 45.0 Å². The number of hydrogen-bond acceptors (Lipinski definition) is 10. The Balaban J connectivity index is 1.27. The van der Waals surface area contributed by atoms with Gasteiger partial charge in [-0.25, -0.2) is 14.8 Å². The largest absolute Gasteiger partial charge is 0.493 e. The summed E-state index contributed by atoms with van der Waals surface area (Å²) in [5.41, 5.74) is 2.08. The molecule has 4 aromatic rings. The van der Waals surface area contributed by atoms with Gasteiger partial charge in [-0.05, 0) is 75.5 Å². The number of fused-ring (bicyclic) bond motifs is 1. The SMILES string of the molecule is COc1cc2ncnc(Nc3cc(-c4cccs4)ccc3OC3CCN(C)C3)c2cc1OC1CN(C(=O)OC(C)(C)C)C1. The topological polar surface area (TPSA) is 98.3 Å². The van der Waals surface area contributed by atoms with Gasteiger partial charge in [0.1, 0.15) is 35.7 Å². The van der Waals surface area contributed by atoms with Gasteiger partial charge in [-0.3, -0.25) is 0 Å². The van der Waals surface area contributed by atoms with E-state index in [2.05, 4.69) is 50.8 Å².